The first-order chi connectivity index (χ1) is 18.7. The molecule has 0 aliphatic carbocycles. The average Bonchev–Trinajstić information content (AvgIpc) is 3.61. The van der Waals surface area contributed by atoms with Crippen LogP contribution < -0.4 is 10.2 Å². The van der Waals surface area contributed by atoms with Crippen LogP contribution in [-0.4, -0.2) is 68.1 Å². The smallest absolute Gasteiger partial charge is 0.275 e. The molecule has 3 aromatic rings. The van der Waals surface area contributed by atoms with Gasteiger partial charge in [0, 0.05) is 30.6 Å². The van der Waals surface area contributed by atoms with Gasteiger partial charge in [-0.3, -0.25) is 14.8 Å². The third-order valence-electron chi connectivity index (χ3n) is 7.33. The number of aliphatic imine (C=N–C) groups is 1. The van der Waals surface area contributed by atoms with E-state index in [9.17, 15) is 23.1 Å². The molecule has 0 bridgehead atoms. The number of pyridine rings is 1. The molecule has 1 unspecified atom stereocenters. The lowest BCUT2D eigenvalue weighted by Crippen LogP contribution is -2.32. The second-order valence-corrected chi connectivity index (χ2v) is 10.4. The number of carbonyl (C=O) groups is 1. The third kappa shape index (κ3) is 4.91. The van der Waals surface area contributed by atoms with E-state index in [1.807, 2.05) is 4.90 Å². The molecule has 0 radical (unpaired) electrons. The molecule has 39 heavy (non-hydrogen) atoms. The molecule has 2 aromatic heterocycles. The van der Waals surface area contributed by atoms with E-state index in [0.717, 1.165) is 18.2 Å². The summed E-state index contributed by atoms with van der Waals surface area (Å²) < 4.78 is 43.0. The van der Waals surface area contributed by atoms with Crippen molar-refractivity contribution in [2.75, 3.05) is 29.9 Å². The number of likely N-dealkylation sites (tertiary alicyclic amines) is 1. The van der Waals surface area contributed by atoms with Crippen LogP contribution >= 0.6 is 0 Å². The van der Waals surface area contributed by atoms with E-state index >= 15 is 0 Å². The summed E-state index contributed by atoms with van der Waals surface area (Å²) in [7, 11) is 0. The number of fused-ring (bicyclic) bond motifs is 1. The van der Waals surface area contributed by atoms with E-state index in [4.69, 9.17) is 0 Å². The molecule has 2 saturated heterocycles. The van der Waals surface area contributed by atoms with E-state index in [0.29, 0.717) is 48.1 Å². The molecule has 202 valence electrons. The van der Waals surface area contributed by atoms with Crippen molar-refractivity contribution in [2.24, 2.45) is 4.99 Å². The van der Waals surface area contributed by atoms with Crippen LogP contribution in [0.2, 0.25) is 0 Å². The second kappa shape index (κ2) is 9.60. The molecule has 5 heterocycles. The summed E-state index contributed by atoms with van der Waals surface area (Å²) in [4.78, 5) is 33.9. The van der Waals surface area contributed by atoms with E-state index in [1.165, 1.54) is 18.6 Å². The first kappa shape index (κ1) is 25.2. The minimum atomic E-state index is -1.24. The topological polar surface area (TPSA) is 107 Å². The lowest BCUT2D eigenvalue weighted by molar-refractivity contribution is 0.0838. The van der Waals surface area contributed by atoms with Crippen LogP contribution in [0, 0.1) is 11.6 Å². The molecule has 3 aliphatic heterocycles. The Kier molecular flexibility index (Phi) is 6.21. The van der Waals surface area contributed by atoms with Crippen LogP contribution in [0.15, 0.2) is 47.8 Å². The molecule has 9 nitrogen and oxygen atoms in total. The standard InChI is InChI=1S/C27H26F3N7O2/c1-27(39)4-5-36(14-27)24-12-32-22(11-33-24)26(38)35-17-8-19-21(31-9-17)10-34-25(19)37-13-16(29)7-23(37)18-6-15(28)2-3-20(18)30/h2-3,6,8-9,11-12,16,23,39H,4-5,7,10,13-14H2,1H3,(H,35,38)/t16-,23+,27?/m0/s1. The molecular weight excluding hydrogens is 511 g/mol. The van der Waals surface area contributed by atoms with Crippen molar-refractivity contribution in [2.45, 2.75) is 44.1 Å². The fraction of sp³-hybridized carbons (Fsp3) is 0.370. The van der Waals surface area contributed by atoms with Gasteiger partial charge in [-0.2, -0.15) is 0 Å². The predicted molar refractivity (Wildman–Crippen MR) is 137 cm³/mol. The van der Waals surface area contributed by atoms with Crippen LogP contribution in [0.1, 0.15) is 53.1 Å². The maximum Gasteiger partial charge on any atom is 0.275 e. The zero-order chi connectivity index (χ0) is 27.3. The lowest BCUT2D eigenvalue weighted by atomic mass is 10.0. The first-order valence-corrected chi connectivity index (χ1v) is 12.7. The van der Waals surface area contributed by atoms with Gasteiger partial charge in [-0.1, -0.05) is 0 Å². The Hall–Kier alpha value is -4.06. The molecule has 2 N–H and O–H groups in total. The Morgan fingerprint density at radius 2 is 2.00 bits per heavy atom. The minimum absolute atomic E-state index is 0.00220. The first-order valence-electron chi connectivity index (χ1n) is 12.7. The van der Waals surface area contributed by atoms with E-state index in [1.54, 1.807) is 17.9 Å². The summed E-state index contributed by atoms with van der Waals surface area (Å²) in [5, 5.41) is 12.9. The Labute approximate surface area is 222 Å². The molecule has 2 fully saturated rings. The molecule has 1 amide bonds. The largest absolute Gasteiger partial charge is 0.388 e. The summed E-state index contributed by atoms with van der Waals surface area (Å²) in [6.07, 6.45) is 3.74. The quantitative estimate of drug-likeness (QED) is 0.525. The highest BCUT2D eigenvalue weighted by Crippen LogP contribution is 2.38. The van der Waals surface area contributed by atoms with Gasteiger partial charge in [0.05, 0.1) is 54.7 Å². The third-order valence-corrected chi connectivity index (χ3v) is 7.33. The minimum Gasteiger partial charge on any atom is -0.388 e. The highest BCUT2D eigenvalue weighted by atomic mass is 19.1. The summed E-state index contributed by atoms with van der Waals surface area (Å²) in [6, 6.07) is 4.12. The molecule has 0 spiro atoms. The average molecular weight is 538 g/mol. The van der Waals surface area contributed by atoms with Crippen molar-refractivity contribution in [3.8, 4) is 0 Å². The molecule has 0 saturated carbocycles. The van der Waals surface area contributed by atoms with Gasteiger partial charge >= 0.3 is 0 Å². The van der Waals surface area contributed by atoms with E-state index in [2.05, 4.69) is 25.3 Å². The van der Waals surface area contributed by atoms with Gasteiger partial charge in [-0.05, 0) is 37.6 Å². The number of hydrogen-bond donors (Lipinski definition) is 2. The van der Waals surface area contributed by atoms with Gasteiger partial charge in [-0.15, -0.1) is 0 Å². The van der Waals surface area contributed by atoms with E-state index < -0.39 is 35.4 Å². The number of aromatic nitrogens is 3. The highest BCUT2D eigenvalue weighted by molar-refractivity contribution is 6.05. The molecule has 3 atom stereocenters. The van der Waals surface area contributed by atoms with Crippen molar-refractivity contribution < 1.29 is 23.1 Å². The number of amidine groups is 1. The number of nitrogens with zero attached hydrogens (tertiary/aromatic N) is 6. The maximum absolute atomic E-state index is 14.6. The number of β-amino-alcohol motifs (C(OH)–C–C–N with tert-alkyl or cyclic N) is 1. The van der Waals surface area contributed by atoms with Gasteiger partial charge in [0.15, 0.2) is 0 Å². The van der Waals surface area contributed by atoms with Gasteiger partial charge in [0.2, 0.25) is 0 Å². The van der Waals surface area contributed by atoms with Gasteiger partial charge in [0.1, 0.15) is 35.2 Å². The summed E-state index contributed by atoms with van der Waals surface area (Å²) >= 11 is 0. The monoisotopic (exact) mass is 537 g/mol. The van der Waals surface area contributed by atoms with Gasteiger partial charge in [-0.25, -0.2) is 23.1 Å². The zero-order valence-electron chi connectivity index (χ0n) is 21.1. The van der Waals surface area contributed by atoms with Crippen LogP contribution in [0.4, 0.5) is 24.7 Å². The highest BCUT2D eigenvalue weighted by Gasteiger charge is 2.39. The lowest BCUT2D eigenvalue weighted by Gasteiger charge is -2.27. The number of nitrogens with one attached hydrogen (secondary N) is 1. The Morgan fingerprint density at radius 3 is 2.74 bits per heavy atom. The fourth-order valence-electron chi connectivity index (χ4n) is 5.38. The summed E-state index contributed by atoms with van der Waals surface area (Å²) in [5.41, 5.74) is 0.982. The number of aliphatic hydroxyl groups is 1. The van der Waals surface area contributed by atoms with E-state index in [-0.39, 0.29) is 30.8 Å². The molecular formula is C27H26F3N7O2. The Morgan fingerprint density at radius 1 is 1.15 bits per heavy atom. The van der Waals surface area contributed by atoms with Crippen LogP contribution in [0.25, 0.3) is 0 Å². The van der Waals surface area contributed by atoms with Gasteiger partial charge in [0.25, 0.3) is 5.91 Å². The fourth-order valence-corrected chi connectivity index (χ4v) is 5.38. The Bertz CT molecular complexity index is 1460. The second-order valence-electron chi connectivity index (χ2n) is 10.4. The number of alkyl halides is 1. The molecule has 3 aliphatic rings. The molecule has 12 heteroatoms. The summed E-state index contributed by atoms with van der Waals surface area (Å²) in [6.45, 7) is 3.07. The number of anilines is 2. The SMILES string of the molecule is CC1(O)CCN(c2cnc(C(=O)Nc3cnc4c(c3)C(N3C[C@@H](F)C[C@@H]3c3cc(F)ccc3F)=NC4)cn2)C1. The van der Waals surface area contributed by atoms with Crippen molar-refractivity contribution in [1.82, 2.24) is 19.9 Å². The Balaban J connectivity index is 1.20. The number of hydrogen-bond acceptors (Lipinski definition) is 8. The predicted octanol–water partition coefficient (Wildman–Crippen LogP) is 3.41. The molecule has 6 rings (SSSR count). The number of carbonyl (C=O) groups excluding carboxylic acids is 1. The normalized spacial score (nSPS) is 24.2. The number of halogens is 3. The number of rotatable bonds is 4. The van der Waals surface area contributed by atoms with Crippen molar-refractivity contribution in [3.05, 3.63) is 77.0 Å². The number of amides is 1. The van der Waals surface area contributed by atoms with Gasteiger partial charge < -0.3 is 20.2 Å². The zero-order valence-corrected chi connectivity index (χ0v) is 21.1. The van der Waals surface area contributed by atoms with Crippen LogP contribution in [0.5, 0.6) is 0 Å². The van der Waals surface area contributed by atoms with Crippen molar-refractivity contribution >= 4 is 23.2 Å². The van der Waals surface area contributed by atoms with Crippen LogP contribution in [-0.2, 0) is 6.54 Å². The van der Waals surface area contributed by atoms with Crippen LogP contribution in [0.3, 0.4) is 0 Å². The summed E-state index contributed by atoms with van der Waals surface area (Å²) in [5.74, 6) is -0.706. The van der Waals surface area contributed by atoms with Crippen molar-refractivity contribution in [1.29, 1.82) is 0 Å². The van der Waals surface area contributed by atoms with Crippen molar-refractivity contribution in [3.63, 3.8) is 0 Å². The number of benzene rings is 1. The maximum atomic E-state index is 14.6. The molecule has 1 aromatic carbocycles.